The Balaban J connectivity index is 1.86. The number of carbonyl (C=O) groups is 1. The molecular formula is C13H14BrNO2. The van der Waals surface area contributed by atoms with Crippen molar-refractivity contribution in [1.29, 1.82) is 0 Å². The van der Waals surface area contributed by atoms with Crippen LogP contribution in [0.4, 0.5) is 5.69 Å². The summed E-state index contributed by atoms with van der Waals surface area (Å²) in [5, 5.41) is 0. The molecule has 2 fully saturated rings. The highest BCUT2D eigenvalue weighted by molar-refractivity contribution is 9.10. The average molecular weight is 296 g/mol. The molecule has 2 bridgehead atoms. The van der Waals surface area contributed by atoms with E-state index in [9.17, 15) is 4.79 Å². The molecule has 0 N–H and O–H groups in total. The maximum atomic E-state index is 10.7. The number of nitrogens with zero attached hydrogens (tertiary/aromatic N) is 1. The van der Waals surface area contributed by atoms with Crippen LogP contribution in [-0.2, 0) is 4.74 Å². The number of fused-ring (bicyclic) bond motifs is 2. The Morgan fingerprint density at radius 2 is 2.00 bits per heavy atom. The number of rotatable bonds is 2. The van der Waals surface area contributed by atoms with Crippen LogP contribution < -0.4 is 4.90 Å². The van der Waals surface area contributed by atoms with Gasteiger partial charge < -0.3 is 9.64 Å². The van der Waals surface area contributed by atoms with Gasteiger partial charge in [0.25, 0.3) is 0 Å². The summed E-state index contributed by atoms with van der Waals surface area (Å²) in [5.41, 5.74) is 1.87. The predicted octanol–water partition coefficient (Wildman–Crippen LogP) is 2.63. The average Bonchev–Trinajstić information content (AvgIpc) is 2.68. The predicted molar refractivity (Wildman–Crippen MR) is 69.6 cm³/mol. The molecule has 3 nitrogen and oxygen atoms in total. The van der Waals surface area contributed by atoms with Crippen LogP contribution in [-0.4, -0.2) is 31.6 Å². The Hall–Kier alpha value is -0.870. The molecule has 1 aromatic carbocycles. The fourth-order valence-corrected chi connectivity index (χ4v) is 3.31. The molecule has 17 heavy (non-hydrogen) atoms. The summed E-state index contributed by atoms with van der Waals surface area (Å²) in [6, 6.07) is 5.75. The summed E-state index contributed by atoms with van der Waals surface area (Å²) in [7, 11) is 0. The highest BCUT2D eigenvalue weighted by atomic mass is 79.9. The number of ether oxygens (including phenoxy) is 1. The number of hydrogen-bond donors (Lipinski definition) is 0. The summed E-state index contributed by atoms with van der Waals surface area (Å²) in [4.78, 5) is 13.1. The fraction of sp³-hybridized carbons (Fsp3) is 0.462. The Kier molecular flexibility index (Phi) is 2.92. The highest BCUT2D eigenvalue weighted by Crippen LogP contribution is 2.33. The van der Waals surface area contributed by atoms with Gasteiger partial charge in [0.1, 0.15) is 6.29 Å². The van der Waals surface area contributed by atoms with Crippen molar-refractivity contribution in [2.75, 3.05) is 18.0 Å². The summed E-state index contributed by atoms with van der Waals surface area (Å²) in [6.45, 7) is 1.91. The van der Waals surface area contributed by atoms with E-state index in [1.54, 1.807) is 0 Å². The van der Waals surface area contributed by atoms with Gasteiger partial charge >= 0.3 is 0 Å². The van der Waals surface area contributed by atoms with Crippen LogP contribution in [0.15, 0.2) is 22.7 Å². The van der Waals surface area contributed by atoms with E-state index in [2.05, 4.69) is 20.8 Å². The van der Waals surface area contributed by atoms with Crippen molar-refractivity contribution >= 4 is 27.9 Å². The lowest BCUT2D eigenvalue weighted by atomic mass is 10.2. The van der Waals surface area contributed by atoms with E-state index < -0.39 is 0 Å². The van der Waals surface area contributed by atoms with Crippen molar-refractivity contribution in [2.24, 2.45) is 0 Å². The van der Waals surface area contributed by atoms with Crippen LogP contribution in [0.1, 0.15) is 23.2 Å². The lowest BCUT2D eigenvalue weighted by Crippen LogP contribution is -2.42. The van der Waals surface area contributed by atoms with Gasteiger partial charge in [-0.25, -0.2) is 0 Å². The molecule has 3 rings (SSSR count). The molecule has 2 unspecified atom stereocenters. The van der Waals surface area contributed by atoms with Crippen molar-refractivity contribution in [1.82, 2.24) is 0 Å². The maximum Gasteiger partial charge on any atom is 0.150 e. The molecule has 0 spiro atoms. The summed E-state index contributed by atoms with van der Waals surface area (Å²) in [6.07, 6.45) is 3.98. The van der Waals surface area contributed by atoms with Crippen LogP contribution in [0, 0.1) is 0 Å². The first-order chi connectivity index (χ1) is 8.26. The summed E-state index contributed by atoms with van der Waals surface area (Å²) < 4.78 is 6.81. The van der Waals surface area contributed by atoms with Crippen molar-refractivity contribution in [3.63, 3.8) is 0 Å². The van der Waals surface area contributed by atoms with Gasteiger partial charge in [-0.2, -0.15) is 0 Å². The van der Waals surface area contributed by atoms with Crippen molar-refractivity contribution in [2.45, 2.75) is 25.0 Å². The van der Waals surface area contributed by atoms with Crippen LogP contribution in [0.5, 0.6) is 0 Å². The van der Waals surface area contributed by atoms with E-state index in [1.807, 2.05) is 18.2 Å². The minimum atomic E-state index is 0.381. The van der Waals surface area contributed by atoms with Gasteiger partial charge in [-0.1, -0.05) is 0 Å². The zero-order valence-electron chi connectivity index (χ0n) is 9.43. The number of halogens is 1. The van der Waals surface area contributed by atoms with Crippen molar-refractivity contribution < 1.29 is 9.53 Å². The van der Waals surface area contributed by atoms with E-state index >= 15 is 0 Å². The molecule has 2 heterocycles. The molecule has 0 radical (unpaired) electrons. The van der Waals surface area contributed by atoms with Crippen LogP contribution in [0.2, 0.25) is 0 Å². The first kappa shape index (κ1) is 11.2. The lowest BCUT2D eigenvalue weighted by Gasteiger charge is -2.34. The molecule has 2 aliphatic rings. The summed E-state index contributed by atoms with van der Waals surface area (Å²) in [5.74, 6) is 0. The number of anilines is 1. The topological polar surface area (TPSA) is 29.5 Å². The Morgan fingerprint density at radius 3 is 2.59 bits per heavy atom. The molecule has 2 saturated heterocycles. The molecular weight excluding hydrogens is 282 g/mol. The largest absolute Gasteiger partial charge is 0.371 e. The van der Waals surface area contributed by atoms with Crippen molar-refractivity contribution in [3.8, 4) is 0 Å². The fourth-order valence-electron chi connectivity index (χ4n) is 2.66. The van der Waals surface area contributed by atoms with Gasteiger partial charge in [-0.3, -0.25) is 4.79 Å². The zero-order valence-corrected chi connectivity index (χ0v) is 11.0. The Morgan fingerprint density at radius 1 is 1.29 bits per heavy atom. The van der Waals surface area contributed by atoms with Gasteiger partial charge in [0, 0.05) is 23.1 Å². The maximum absolute atomic E-state index is 10.7. The van der Waals surface area contributed by atoms with Gasteiger partial charge in [0.15, 0.2) is 0 Å². The first-order valence-corrected chi connectivity index (χ1v) is 6.70. The second-order valence-corrected chi connectivity index (χ2v) is 5.55. The van der Waals surface area contributed by atoms with Crippen molar-refractivity contribution in [3.05, 3.63) is 28.2 Å². The summed E-state index contributed by atoms with van der Waals surface area (Å²) >= 11 is 3.54. The van der Waals surface area contributed by atoms with Crippen LogP contribution in [0.3, 0.4) is 0 Å². The second kappa shape index (κ2) is 4.42. The molecule has 4 heteroatoms. The normalized spacial score (nSPS) is 27.2. The van der Waals surface area contributed by atoms with Gasteiger partial charge in [-0.05, 0) is 47.0 Å². The van der Waals surface area contributed by atoms with E-state index in [4.69, 9.17) is 4.74 Å². The molecule has 2 aliphatic heterocycles. The SMILES string of the molecule is O=Cc1ccc(N2CC3CCC(C2)O3)c(Br)c1. The molecule has 0 amide bonds. The quantitative estimate of drug-likeness (QED) is 0.786. The van der Waals surface area contributed by atoms with Gasteiger partial charge in [-0.15, -0.1) is 0 Å². The van der Waals surface area contributed by atoms with E-state index in [-0.39, 0.29) is 0 Å². The molecule has 0 saturated carbocycles. The monoisotopic (exact) mass is 295 g/mol. The Bertz CT molecular complexity index is 437. The van der Waals surface area contributed by atoms with Crippen LogP contribution >= 0.6 is 15.9 Å². The zero-order chi connectivity index (χ0) is 11.8. The minimum absolute atomic E-state index is 0.381. The third kappa shape index (κ3) is 2.11. The van der Waals surface area contributed by atoms with E-state index in [0.717, 1.165) is 29.5 Å². The standard InChI is InChI=1S/C13H14BrNO2/c14-12-5-9(8-16)1-4-13(12)15-6-10-2-3-11(7-15)17-10/h1,4-5,8,10-11H,2-3,6-7H2. The number of hydrogen-bond acceptors (Lipinski definition) is 3. The number of morpholine rings is 1. The van der Waals surface area contributed by atoms with Crippen LogP contribution in [0.25, 0.3) is 0 Å². The number of benzene rings is 1. The number of aldehydes is 1. The Labute approximate surface area is 109 Å². The number of carbonyl (C=O) groups excluding carboxylic acids is 1. The third-order valence-electron chi connectivity index (χ3n) is 3.49. The first-order valence-electron chi connectivity index (χ1n) is 5.91. The third-order valence-corrected chi connectivity index (χ3v) is 4.13. The molecule has 0 aromatic heterocycles. The molecule has 0 aliphatic carbocycles. The highest BCUT2D eigenvalue weighted by Gasteiger charge is 2.34. The van der Waals surface area contributed by atoms with Gasteiger partial charge in [0.05, 0.1) is 17.9 Å². The van der Waals surface area contributed by atoms with E-state index in [0.29, 0.717) is 17.8 Å². The second-order valence-electron chi connectivity index (χ2n) is 4.69. The van der Waals surface area contributed by atoms with E-state index in [1.165, 1.54) is 12.8 Å². The molecule has 90 valence electrons. The van der Waals surface area contributed by atoms with Gasteiger partial charge in [0.2, 0.25) is 0 Å². The minimum Gasteiger partial charge on any atom is -0.371 e. The lowest BCUT2D eigenvalue weighted by molar-refractivity contribution is 0.0304. The smallest absolute Gasteiger partial charge is 0.150 e. The molecule has 2 atom stereocenters. The molecule has 1 aromatic rings.